The molecule has 160 valence electrons. The van der Waals surface area contributed by atoms with Gasteiger partial charge in [0.25, 0.3) is 11.8 Å². The number of ether oxygens (including phenoxy) is 2. The summed E-state index contributed by atoms with van der Waals surface area (Å²) in [5, 5.41) is 8.54. The van der Waals surface area contributed by atoms with E-state index in [1.807, 2.05) is 68.4 Å². The second kappa shape index (κ2) is 10.8. The van der Waals surface area contributed by atoms with Crippen LogP contribution in [0.15, 0.2) is 65.8 Å². The predicted molar refractivity (Wildman–Crippen MR) is 121 cm³/mol. The third-order valence-corrected chi connectivity index (χ3v) is 4.42. The third-order valence-electron chi connectivity index (χ3n) is 4.42. The summed E-state index contributed by atoms with van der Waals surface area (Å²) in [6.07, 6.45) is 1.55. The number of hydrazone groups is 1. The van der Waals surface area contributed by atoms with Crippen LogP contribution in [-0.2, 0) is 9.59 Å². The Bertz CT molecular complexity index is 1100. The van der Waals surface area contributed by atoms with Gasteiger partial charge in [-0.2, -0.15) is 5.10 Å². The molecule has 2 amide bonds. The quantitative estimate of drug-likeness (QED) is 0.412. The lowest BCUT2D eigenvalue weighted by Gasteiger charge is -2.10. The molecule has 0 aliphatic carbocycles. The van der Waals surface area contributed by atoms with Crippen molar-refractivity contribution in [3.05, 3.63) is 71.8 Å². The summed E-state index contributed by atoms with van der Waals surface area (Å²) in [5.41, 5.74) is 4.23. The maximum absolute atomic E-state index is 12.0. The molecule has 3 aromatic rings. The van der Waals surface area contributed by atoms with Crippen LogP contribution in [-0.4, -0.2) is 37.8 Å². The Hall–Kier alpha value is -3.87. The van der Waals surface area contributed by atoms with E-state index < -0.39 is 11.8 Å². The fraction of sp³-hybridized carbons (Fsp3) is 0.208. The zero-order valence-corrected chi connectivity index (χ0v) is 17.6. The van der Waals surface area contributed by atoms with Gasteiger partial charge in [0.15, 0.2) is 6.61 Å². The number of carbonyl (C=O) groups excluding carboxylic acids is 2. The van der Waals surface area contributed by atoms with Crippen LogP contribution in [0.2, 0.25) is 0 Å². The second-order valence-electron chi connectivity index (χ2n) is 6.81. The maximum Gasteiger partial charge on any atom is 0.259 e. The van der Waals surface area contributed by atoms with Gasteiger partial charge in [-0.1, -0.05) is 42.5 Å². The molecule has 0 radical (unpaired) electrons. The third kappa shape index (κ3) is 6.30. The van der Waals surface area contributed by atoms with Crippen molar-refractivity contribution in [3.8, 4) is 11.5 Å². The zero-order valence-electron chi connectivity index (χ0n) is 17.6. The molecule has 0 fully saturated rings. The molecule has 7 nitrogen and oxygen atoms in total. The van der Waals surface area contributed by atoms with Gasteiger partial charge in [-0.15, -0.1) is 0 Å². The first-order valence-corrected chi connectivity index (χ1v) is 9.99. The fourth-order valence-electron chi connectivity index (χ4n) is 2.98. The van der Waals surface area contributed by atoms with Crippen molar-refractivity contribution in [3.63, 3.8) is 0 Å². The highest BCUT2D eigenvalue weighted by atomic mass is 16.5. The van der Waals surface area contributed by atoms with E-state index >= 15 is 0 Å². The predicted octanol–water partition coefficient (Wildman–Crippen LogP) is 3.19. The van der Waals surface area contributed by atoms with Gasteiger partial charge in [0.2, 0.25) is 0 Å². The maximum atomic E-state index is 12.0. The number of fused-ring (bicyclic) bond motifs is 1. The van der Waals surface area contributed by atoms with Crippen LogP contribution in [0.4, 0.5) is 0 Å². The van der Waals surface area contributed by atoms with Gasteiger partial charge in [0, 0.05) is 5.56 Å². The van der Waals surface area contributed by atoms with Crippen molar-refractivity contribution >= 4 is 28.8 Å². The van der Waals surface area contributed by atoms with E-state index in [1.165, 1.54) is 0 Å². The molecule has 2 N–H and O–H groups in total. The van der Waals surface area contributed by atoms with Crippen LogP contribution in [0.3, 0.4) is 0 Å². The number of rotatable bonds is 9. The molecular weight excluding hydrogens is 394 g/mol. The Morgan fingerprint density at radius 3 is 2.65 bits per heavy atom. The largest absolute Gasteiger partial charge is 0.493 e. The van der Waals surface area contributed by atoms with Crippen LogP contribution in [0.25, 0.3) is 10.8 Å². The zero-order chi connectivity index (χ0) is 22.1. The lowest BCUT2D eigenvalue weighted by atomic mass is 10.0. The van der Waals surface area contributed by atoms with E-state index in [9.17, 15) is 9.59 Å². The lowest BCUT2D eigenvalue weighted by molar-refractivity contribution is -0.127. The average molecular weight is 419 g/mol. The Kier molecular flexibility index (Phi) is 7.59. The summed E-state index contributed by atoms with van der Waals surface area (Å²) in [6, 6.07) is 19.1. The molecule has 0 heterocycles. The molecular formula is C24H25N3O4. The van der Waals surface area contributed by atoms with Crippen LogP contribution in [0.1, 0.15) is 18.1 Å². The van der Waals surface area contributed by atoms with Gasteiger partial charge < -0.3 is 14.8 Å². The van der Waals surface area contributed by atoms with Gasteiger partial charge in [0.05, 0.1) is 19.4 Å². The van der Waals surface area contributed by atoms with Crippen LogP contribution < -0.4 is 20.2 Å². The Labute approximate surface area is 181 Å². The van der Waals surface area contributed by atoms with Gasteiger partial charge in [-0.25, -0.2) is 5.43 Å². The van der Waals surface area contributed by atoms with E-state index in [-0.39, 0.29) is 13.2 Å². The summed E-state index contributed by atoms with van der Waals surface area (Å²) in [7, 11) is 0. The highest BCUT2D eigenvalue weighted by Gasteiger charge is 2.08. The summed E-state index contributed by atoms with van der Waals surface area (Å²) in [6.45, 7) is 3.98. The molecule has 3 aromatic carbocycles. The van der Waals surface area contributed by atoms with Crippen molar-refractivity contribution in [2.75, 3.05) is 19.8 Å². The highest BCUT2D eigenvalue weighted by Crippen LogP contribution is 2.26. The van der Waals surface area contributed by atoms with Crippen molar-refractivity contribution in [2.24, 2.45) is 5.10 Å². The molecule has 0 spiro atoms. The van der Waals surface area contributed by atoms with E-state index in [4.69, 9.17) is 9.47 Å². The van der Waals surface area contributed by atoms with E-state index in [0.29, 0.717) is 18.1 Å². The summed E-state index contributed by atoms with van der Waals surface area (Å²) in [4.78, 5) is 23.9. The van der Waals surface area contributed by atoms with Gasteiger partial charge in [-0.3, -0.25) is 9.59 Å². The smallest absolute Gasteiger partial charge is 0.259 e. The molecule has 0 bridgehead atoms. The van der Waals surface area contributed by atoms with Crippen LogP contribution in [0.5, 0.6) is 11.5 Å². The number of carbonyl (C=O) groups is 2. The van der Waals surface area contributed by atoms with Crippen LogP contribution >= 0.6 is 0 Å². The second-order valence-corrected chi connectivity index (χ2v) is 6.81. The van der Waals surface area contributed by atoms with Crippen molar-refractivity contribution in [1.82, 2.24) is 10.7 Å². The molecule has 0 saturated heterocycles. The number of hydrogen-bond acceptors (Lipinski definition) is 5. The molecule has 0 unspecified atom stereocenters. The highest BCUT2D eigenvalue weighted by molar-refractivity contribution is 6.02. The van der Waals surface area contributed by atoms with E-state index in [0.717, 1.165) is 21.9 Å². The minimum Gasteiger partial charge on any atom is -0.493 e. The normalized spacial score (nSPS) is 10.8. The molecule has 3 rings (SSSR count). The number of amides is 2. The van der Waals surface area contributed by atoms with Gasteiger partial charge >= 0.3 is 0 Å². The van der Waals surface area contributed by atoms with Crippen molar-refractivity contribution in [2.45, 2.75) is 13.8 Å². The molecule has 0 atom stereocenters. The monoisotopic (exact) mass is 419 g/mol. The molecule has 0 saturated carbocycles. The molecule has 0 aliphatic heterocycles. The SMILES string of the molecule is CCOc1ccc2ccccc2c1C=NNC(=O)CNC(=O)COc1cccc(C)c1. The fourth-order valence-corrected chi connectivity index (χ4v) is 2.98. The van der Waals surface area contributed by atoms with E-state index in [1.54, 1.807) is 12.3 Å². The topological polar surface area (TPSA) is 89.0 Å². The number of hydrogen-bond donors (Lipinski definition) is 2. The Balaban J connectivity index is 1.52. The summed E-state index contributed by atoms with van der Waals surface area (Å²) >= 11 is 0. The standard InChI is InChI=1S/C24H25N3O4/c1-3-30-22-12-11-18-8-4-5-10-20(18)21(22)14-26-27-23(28)15-25-24(29)16-31-19-9-6-7-17(2)13-19/h4-14H,3,15-16H2,1-2H3,(H,25,29)(H,27,28). The minimum absolute atomic E-state index is 0.173. The molecule has 0 aliphatic rings. The lowest BCUT2D eigenvalue weighted by Crippen LogP contribution is -2.37. The first-order valence-electron chi connectivity index (χ1n) is 9.99. The number of nitrogens with one attached hydrogen (secondary N) is 2. The Morgan fingerprint density at radius 2 is 1.84 bits per heavy atom. The molecule has 0 aromatic heterocycles. The number of nitrogens with zero attached hydrogens (tertiary/aromatic N) is 1. The van der Waals surface area contributed by atoms with Gasteiger partial charge in [-0.05, 0) is 48.4 Å². The molecule has 31 heavy (non-hydrogen) atoms. The Morgan fingerprint density at radius 1 is 1.00 bits per heavy atom. The summed E-state index contributed by atoms with van der Waals surface area (Å²) < 4.78 is 11.1. The van der Waals surface area contributed by atoms with Crippen molar-refractivity contribution in [1.29, 1.82) is 0 Å². The minimum atomic E-state index is -0.446. The first kappa shape index (κ1) is 21.8. The first-order chi connectivity index (χ1) is 15.1. The summed E-state index contributed by atoms with van der Waals surface area (Å²) in [5.74, 6) is 0.442. The molecule has 7 heteroatoms. The van der Waals surface area contributed by atoms with Gasteiger partial charge in [0.1, 0.15) is 11.5 Å². The average Bonchev–Trinajstić information content (AvgIpc) is 2.77. The van der Waals surface area contributed by atoms with Crippen LogP contribution in [0, 0.1) is 6.92 Å². The number of benzene rings is 3. The van der Waals surface area contributed by atoms with Crippen molar-refractivity contribution < 1.29 is 19.1 Å². The van der Waals surface area contributed by atoms with E-state index in [2.05, 4.69) is 15.8 Å². The number of aryl methyl sites for hydroxylation is 1.